The Morgan fingerprint density at radius 1 is 1.28 bits per heavy atom. The molecule has 0 aliphatic heterocycles. The lowest BCUT2D eigenvalue weighted by molar-refractivity contribution is 0.101. The molecule has 184 valence electrons. The topological polar surface area (TPSA) is 152 Å². The second-order valence-corrected chi connectivity index (χ2v) is 8.05. The van der Waals surface area contributed by atoms with E-state index in [9.17, 15) is 24.3 Å². The molecule has 0 aliphatic rings. The van der Waals surface area contributed by atoms with Crippen LogP contribution >= 0.6 is 0 Å². The lowest BCUT2D eigenvalue weighted by Crippen LogP contribution is -2.29. The van der Waals surface area contributed by atoms with Crippen LogP contribution in [0.1, 0.15) is 51.9 Å². The summed E-state index contributed by atoms with van der Waals surface area (Å²) in [4.78, 5) is 29.8. The smallest absolute Gasteiger partial charge is 0.296 e. The molecule has 0 radical (unpaired) electrons. The molecule has 1 amide bonds. The summed E-state index contributed by atoms with van der Waals surface area (Å²) in [6.45, 7) is 1.57. The normalized spacial score (nSPS) is 12.7. The van der Waals surface area contributed by atoms with Crippen molar-refractivity contribution >= 4 is 11.6 Å². The number of amides is 1. The Hall–Kier alpha value is -4.86. The van der Waals surface area contributed by atoms with E-state index in [1.165, 1.54) is 24.1 Å². The van der Waals surface area contributed by atoms with Crippen LogP contribution in [0.5, 0.6) is 5.75 Å². The van der Waals surface area contributed by atoms with Crippen molar-refractivity contribution in [2.75, 3.05) is 5.32 Å². The number of aromatic hydroxyl groups is 1. The van der Waals surface area contributed by atoms with E-state index < -0.39 is 46.4 Å². The number of nitrogens with zero attached hydrogens (tertiary/aromatic N) is 6. The molecule has 0 bridgehead atoms. The monoisotopic (exact) mass is 495 g/mol. The van der Waals surface area contributed by atoms with Gasteiger partial charge in [-0.15, -0.1) is 0 Å². The number of hydrogen-bond donors (Lipinski definition) is 2. The molecular weight excluding hydrogens is 476 g/mol. The van der Waals surface area contributed by atoms with Gasteiger partial charge in [-0.3, -0.25) is 18.8 Å². The third kappa shape index (κ3) is 4.31. The molecule has 0 aliphatic carbocycles. The van der Waals surface area contributed by atoms with Gasteiger partial charge in [-0.2, -0.15) is 10.4 Å². The Morgan fingerprint density at radius 3 is 2.69 bits per heavy atom. The van der Waals surface area contributed by atoms with Crippen LogP contribution in [0.25, 0.3) is 0 Å². The molecule has 3 aromatic heterocycles. The minimum atomic E-state index is -1.04. The summed E-state index contributed by atoms with van der Waals surface area (Å²) in [6, 6.07) is 4.84. The highest BCUT2D eigenvalue weighted by Gasteiger charge is 2.33. The fraction of sp³-hybridized carbons (Fsp3) is 0.217. The molecule has 0 saturated heterocycles. The van der Waals surface area contributed by atoms with Crippen molar-refractivity contribution in [3.8, 4) is 11.8 Å². The summed E-state index contributed by atoms with van der Waals surface area (Å²) in [5, 5.41) is 29.9. The van der Waals surface area contributed by atoms with Crippen molar-refractivity contribution < 1.29 is 23.2 Å². The van der Waals surface area contributed by atoms with E-state index in [4.69, 9.17) is 0 Å². The van der Waals surface area contributed by atoms with Gasteiger partial charge >= 0.3 is 0 Å². The Bertz CT molecular complexity index is 1550. The number of aryl methyl sites for hydroxylation is 1. The molecule has 3 heterocycles. The highest BCUT2D eigenvalue weighted by molar-refractivity contribution is 6.04. The van der Waals surface area contributed by atoms with Crippen LogP contribution in [0.15, 0.2) is 46.2 Å². The van der Waals surface area contributed by atoms with Gasteiger partial charge in [0, 0.05) is 37.7 Å². The summed E-state index contributed by atoms with van der Waals surface area (Å²) in [5.41, 5.74) is -1.25. The second kappa shape index (κ2) is 9.41. The van der Waals surface area contributed by atoms with Crippen LogP contribution in [0.2, 0.25) is 0 Å². The van der Waals surface area contributed by atoms with Crippen molar-refractivity contribution in [3.63, 3.8) is 0 Å². The molecule has 2 N–H and O–H groups in total. The highest BCUT2D eigenvalue weighted by Crippen LogP contribution is 2.40. The average Bonchev–Trinajstić information content (AvgIpc) is 3.49. The zero-order valence-corrected chi connectivity index (χ0v) is 19.2. The number of halogens is 2. The Kier molecular flexibility index (Phi) is 6.35. The zero-order valence-electron chi connectivity index (χ0n) is 19.2. The largest absolute Gasteiger partial charge is 0.501 e. The van der Waals surface area contributed by atoms with Crippen molar-refractivity contribution in [3.05, 3.63) is 87.2 Å². The number of anilines is 1. The van der Waals surface area contributed by atoms with E-state index in [-0.39, 0.29) is 28.3 Å². The van der Waals surface area contributed by atoms with Crippen molar-refractivity contribution in [1.82, 2.24) is 24.5 Å². The maximum absolute atomic E-state index is 15.0. The summed E-state index contributed by atoms with van der Waals surface area (Å²) >= 11 is 0. The third-order valence-corrected chi connectivity index (χ3v) is 5.71. The summed E-state index contributed by atoms with van der Waals surface area (Å²) in [6.07, 6.45) is 3.82. The lowest BCUT2D eigenvalue weighted by Gasteiger charge is -2.26. The van der Waals surface area contributed by atoms with Gasteiger partial charge in [0.1, 0.15) is 35.5 Å². The van der Waals surface area contributed by atoms with Gasteiger partial charge in [0.15, 0.2) is 11.4 Å². The first-order chi connectivity index (χ1) is 17.1. The molecule has 2 unspecified atom stereocenters. The quantitative estimate of drug-likeness (QED) is 0.414. The van der Waals surface area contributed by atoms with Crippen LogP contribution in [0.3, 0.4) is 0 Å². The van der Waals surface area contributed by atoms with Gasteiger partial charge < -0.3 is 14.9 Å². The predicted molar refractivity (Wildman–Crippen MR) is 120 cm³/mol. The SMILES string of the molecule is CC(c1nc(C(=O)Nc2cnoc2)c(O)c(=O)n1C)C(c1cc(F)ccc1F)c1cn(C)nc1C#N. The fourth-order valence-electron chi connectivity index (χ4n) is 4.06. The molecule has 0 fully saturated rings. The standard InChI is InChI=1S/C23H19F2N7O4/c1-11(18(14-6-12(24)4-5-16(14)25)15-9-31(2)30-17(15)7-26)21-29-19(20(33)23(35)32(21)3)22(34)28-13-8-27-36-10-13/h4-6,8-11,18,33H,1-3H3,(H,28,34). The first-order valence-corrected chi connectivity index (χ1v) is 10.5. The van der Waals surface area contributed by atoms with Gasteiger partial charge in [-0.1, -0.05) is 12.1 Å². The lowest BCUT2D eigenvalue weighted by atomic mass is 9.80. The number of rotatable bonds is 6. The number of carbonyl (C=O) groups is 1. The Balaban J connectivity index is 1.90. The van der Waals surface area contributed by atoms with Gasteiger partial charge in [0.25, 0.3) is 11.5 Å². The van der Waals surface area contributed by atoms with Crippen molar-refractivity contribution in [1.29, 1.82) is 5.26 Å². The number of nitriles is 1. The molecule has 0 saturated carbocycles. The molecule has 4 aromatic rings. The summed E-state index contributed by atoms with van der Waals surface area (Å²) in [5.74, 6) is -5.28. The Morgan fingerprint density at radius 2 is 2.03 bits per heavy atom. The summed E-state index contributed by atoms with van der Waals surface area (Å²) < 4.78 is 36.2. The maximum Gasteiger partial charge on any atom is 0.296 e. The molecule has 1 aromatic carbocycles. The van der Waals surface area contributed by atoms with E-state index in [0.717, 1.165) is 29.0 Å². The molecule has 13 heteroatoms. The van der Waals surface area contributed by atoms with Gasteiger partial charge in [-0.25, -0.2) is 13.8 Å². The third-order valence-electron chi connectivity index (χ3n) is 5.71. The first kappa shape index (κ1) is 24.3. The fourth-order valence-corrected chi connectivity index (χ4v) is 4.06. The van der Waals surface area contributed by atoms with E-state index in [1.807, 2.05) is 6.07 Å². The first-order valence-electron chi connectivity index (χ1n) is 10.5. The predicted octanol–water partition coefficient (Wildman–Crippen LogP) is 2.55. The van der Waals surface area contributed by atoms with Crippen LogP contribution in [0, 0.1) is 23.0 Å². The van der Waals surface area contributed by atoms with E-state index in [2.05, 4.69) is 25.1 Å². The van der Waals surface area contributed by atoms with Crippen molar-refractivity contribution in [2.45, 2.75) is 18.8 Å². The van der Waals surface area contributed by atoms with Crippen molar-refractivity contribution in [2.24, 2.45) is 14.1 Å². The van der Waals surface area contributed by atoms with Crippen LogP contribution in [0.4, 0.5) is 14.5 Å². The average molecular weight is 495 g/mol. The number of benzene rings is 1. The maximum atomic E-state index is 15.0. The molecule has 2 atom stereocenters. The van der Waals surface area contributed by atoms with E-state index in [1.54, 1.807) is 14.0 Å². The van der Waals surface area contributed by atoms with E-state index >= 15 is 4.39 Å². The zero-order chi connectivity index (χ0) is 26.1. The molecule has 4 rings (SSSR count). The Labute approximate surface area is 202 Å². The highest BCUT2D eigenvalue weighted by atomic mass is 19.1. The van der Waals surface area contributed by atoms with Crippen LogP contribution in [-0.2, 0) is 14.1 Å². The van der Waals surface area contributed by atoms with Gasteiger partial charge in [-0.05, 0) is 23.8 Å². The van der Waals surface area contributed by atoms with Gasteiger partial charge in [0.05, 0.1) is 6.20 Å². The van der Waals surface area contributed by atoms with Crippen LogP contribution < -0.4 is 10.9 Å². The number of nitrogens with one attached hydrogen (secondary N) is 1. The second-order valence-electron chi connectivity index (χ2n) is 8.05. The molecular formula is C23H19F2N7O4. The van der Waals surface area contributed by atoms with Crippen LogP contribution in [-0.4, -0.2) is 35.5 Å². The minimum absolute atomic E-state index is 0.0327. The molecule has 36 heavy (non-hydrogen) atoms. The molecule has 11 nitrogen and oxygen atoms in total. The number of carbonyl (C=O) groups excluding carboxylic acids is 1. The number of aromatic nitrogens is 5. The summed E-state index contributed by atoms with van der Waals surface area (Å²) in [7, 11) is 2.88. The minimum Gasteiger partial charge on any atom is -0.501 e. The molecule has 0 spiro atoms. The van der Waals surface area contributed by atoms with E-state index in [0.29, 0.717) is 0 Å². The number of hydrogen-bond acceptors (Lipinski definition) is 8. The van der Waals surface area contributed by atoms with Gasteiger partial charge in [0.2, 0.25) is 5.75 Å².